The summed E-state index contributed by atoms with van der Waals surface area (Å²) in [6, 6.07) is 8.15. The average Bonchev–Trinajstić information content (AvgIpc) is 2.39. The number of aryl methyl sites for hydroxylation is 1. The zero-order chi connectivity index (χ0) is 13.7. The molecule has 19 heavy (non-hydrogen) atoms. The van der Waals surface area contributed by atoms with Crippen LogP contribution < -0.4 is 5.32 Å². The van der Waals surface area contributed by atoms with E-state index in [0.29, 0.717) is 18.8 Å². The maximum absolute atomic E-state index is 11.0. The minimum Gasteiger partial charge on any atom is -0.478 e. The number of nitrogens with zero attached hydrogens (tertiary/aromatic N) is 2. The molecule has 1 aromatic carbocycles. The van der Waals surface area contributed by atoms with E-state index in [0.717, 1.165) is 5.56 Å². The summed E-state index contributed by atoms with van der Waals surface area (Å²) < 4.78 is 0. The number of carboxylic acids is 1. The Morgan fingerprint density at radius 2 is 2.21 bits per heavy atom. The summed E-state index contributed by atoms with van der Waals surface area (Å²) >= 11 is 0. The van der Waals surface area contributed by atoms with Crippen molar-refractivity contribution >= 4 is 5.97 Å². The highest BCUT2D eigenvalue weighted by Crippen LogP contribution is 2.06. The molecule has 2 N–H and O–H groups in total. The lowest BCUT2D eigenvalue weighted by Crippen LogP contribution is -2.17. The molecule has 0 aliphatic carbocycles. The van der Waals surface area contributed by atoms with E-state index in [-0.39, 0.29) is 5.56 Å². The molecule has 0 aliphatic heterocycles. The Labute approximate surface area is 111 Å². The number of benzene rings is 1. The van der Waals surface area contributed by atoms with Crippen LogP contribution >= 0.6 is 0 Å². The normalized spacial score (nSPS) is 10.4. The maximum Gasteiger partial charge on any atom is 0.339 e. The number of aromatic nitrogens is 2. The molecule has 0 saturated heterocycles. The van der Waals surface area contributed by atoms with Gasteiger partial charge in [0.15, 0.2) is 0 Å². The molecule has 0 bridgehead atoms. The SMILES string of the molecule is Cc1cccc(CNCc2ncncc2C(=O)O)c1. The lowest BCUT2D eigenvalue weighted by Gasteiger charge is -2.07. The molecule has 1 heterocycles. The van der Waals surface area contributed by atoms with Gasteiger partial charge < -0.3 is 10.4 Å². The van der Waals surface area contributed by atoms with Gasteiger partial charge in [-0.2, -0.15) is 0 Å². The Hall–Kier alpha value is -2.27. The van der Waals surface area contributed by atoms with E-state index in [1.165, 1.54) is 18.1 Å². The maximum atomic E-state index is 11.0. The highest BCUT2D eigenvalue weighted by Gasteiger charge is 2.10. The van der Waals surface area contributed by atoms with Crippen molar-refractivity contribution in [3.8, 4) is 0 Å². The standard InChI is InChI=1S/C14H15N3O2/c1-10-3-2-4-11(5-10)6-15-8-13-12(14(18)19)7-16-9-17-13/h2-5,7,9,15H,6,8H2,1H3,(H,18,19). The van der Waals surface area contributed by atoms with E-state index in [1.807, 2.05) is 25.1 Å². The molecule has 0 aliphatic rings. The summed E-state index contributed by atoms with van der Waals surface area (Å²) in [7, 11) is 0. The van der Waals surface area contributed by atoms with Crippen LogP contribution in [-0.2, 0) is 13.1 Å². The van der Waals surface area contributed by atoms with Gasteiger partial charge in [-0.3, -0.25) is 0 Å². The van der Waals surface area contributed by atoms with Gasteiger partial charge in [-0.05, 0) is 12.5 Å². The number of aromatic carboxylic acids is 1. The second-order valence-corrected chi connectivity index (χ2v) is 4.28. The van der Waals surface area contributed by atoms with E-state index in [2.05, 4.69) is 21.4 Å². The number of carboxylic acid groups (broad SMARTS) is 1. The fourth-order valence-electron chi connectivity index (χ4n) is 1.82. The van der Waals surface area contributed by atoms with E-state index < -0.39 is 5.97 Å². The fraction of sp³-hybridized carbons (Fsp3) is 0.214. The predicted molar refractivity (Wildman–Crippen MR) is 70.7 cm³/mol. The summed E-state index contributed by atoms with van der Waals surface area (Å²) in [5.41, 5.74) is 2.99. The fourth-order valence-corrected chi connectivity index (χ4v) is 1.82. The van der Waals surface area contributed by atoms with Crippen LogP contribution in [0, 0.1) is 6.92 Å². The largest absolute Gasteiger partial charge is 0.478 e. The zero-order valence-electron chi connectivity index (χ0n) is 10.6. The van der Waals surface area contributed by atoms with Crippen LogP contribution in [0.3, 0.4) is 0 Å². The molecule has 2 rings (SSSR count). The summed E-state index contributed by atoms with van der Waals surface area (Å²) in [6.07, 6.45) is 2.68. The second kappa shape index (κ2) is 6.06. The molecule has 98 valence electrons. The monoisotopic (exact) mass is 257 g/mol. The van der Waals surface area contributed by atoms with Gasteiger partial charge in [0.25, 0.3) is 0 Å². The molecule has 1 aromatic heterocycles. The van der Waals surface area contributed by atoms with Crippen LogP contribution in [-0.4, -0.2) is 21.0 Å². The summed E-state index contributed by atoms with van der Waals surface area (Å²) in [4.78, 5) is 18.7. The van der Waals surface area contributed by atoms with Gasteiger partial charge in [0.2, 0.25) is 0 Å². The molecule has 0 spiro atoms. The summed E-state index contributed by atoms with van der Waals surface area (Å²) in [5.74, 6) is -1.01. The molecular formula is C14H15N3O2. The van der Waals surface area contributed by atoms with Crippen molar-refractivity contribution in [1.29, 1.82) is 0 Å². The van der Waals surface area contributed by atoms with Crippen molar-refractivity contribution in [2.75, 3.05) is 0 Å². The highest BCUT2D eigenvalue weighted by atomic mass is 16.4. The van der Waals surface area contributed by atoms with Crippen LogP contribution in [0.2, 0.25) is 0 Å². The Morgan fingerprint density at radius 3 is 2.95 bits per heavy atom. The van der Waals surface area contributed by atoms with Gasteiger partial charge in [-0.25, -0.2) is 14.8 Å². The molecular weight excluding hydrogens is 242 g/mol. The van der Waals surface area contributed by atoms with Crippen LogP contribution in [0.1, 0.15) is 27.2 Å². The summed E-state index contributed by atoms with van der Waals surface area (Å²) in [5, 5.41) is 12.2. The summed E-state index contributed by atoms with van der Waals surface area (Å²) in [6.45, 7) is 3.11. The zero-order valence-corrected chi connectivity index (χ0v) is 10.6. The molecule has 0 atom stereocenters. The highest BCUT2D eigenvalue weighted by molar-refractivity contribution is 5.88. The molecule has 2 aromatic rings. The van der Waals surface area contributed by atoms with Crippen LogP contribution in [0.25, 0.3) is 0 Å². The lowest BCUT2D eigenvalue weighted by atomic mass is 10.1. The molecule has 0 amide bonds. The van der Waals surface area contributed by atoms with Crippen LogP contribution in [0.15, 0.2) is 36.8 Å². The van der Waals surface area contributed by atoms with Gasteiger partial charge in [0.1, 0.15) is 11.9 Å². The van der Waals surface area contributed by atoms with Gasteiger partial charge in [-0.1, -0.05) is 29.8 Å². The lowest BCUT2D eigenvalue weighted by molar-refractivity contribution is 0.0694. The predicted octanol–water partition coefficient (Wildman–Crippen LogP) is 1.77. The van der Waals surface area contributed by atoms with Gasteiger partial charge in [0.05, 0.1) is 5.69 Å². The van der Waals surface area contributed by atoms with Crippen molar-refractivity contribution in [2.45, 2.75) is 20.0 Å². The third-order valence-corrected chi connectivity index (χ3v) is 2.73. The van der Waals surface area contributed by atoms with Crippen LogP contribution in [0.4, 0.5) is 0 Å². The molecule has 0 saturated carbocycles. The van der Waals surface area contributed by atoms with Gasteiger partial charge in [-0.15, -0.1) is 0 Å². The van der Waals surface area contributed by atoms with Crippen molar-refractivity contribution in [2.24, 2.45) is 0 Å². The van der Waals surface area contributed by atoms with Gasteiger partial charge in [0, 0.05) is 19.3 Å². The van der Waals surface area contributed by atoms with Crippen molar-refractivity contribution < 1.29 is 9.90 Å². The molecule has 0 fully saturated rings. The molecule has 5 heteroatoms. The Bertz CT molecular complexity index is 584. The number of nitrogens with one attached hydrogen (secondary N) is 1. The first-order valence-corrected chi connectivity index (χ1v) is 5.95. The topological polar surface area (TPSA) is 75.1 Å². The first kappa shape index (κ1) is 13.2. The van der Waals surface area contributed by atoms with Gasteiger partial charge >= 0.3 is 5.97 Å². The number of hydrogen-bond acceptors (Lipinski definition) is 4. The number of carbonyl (C=O) groups is 1. The quantitative estimate of drug-likeness (QED) is 0.853. The minimum atomic E-state index is -1.01. The van der Waals surface area contributed by atoms with Crippen molar-refractivity contribution in [1.82, 2.24) is 15.3 Å². The number of hydrogen-bond donors (Lipinski definition) is 2. The van der Waals surface area contributed by atoms with E-state index in [9.17, 15) is 4.79 Å². The minimum absolute atomic E-state index is 0.138. The first-order chi connectivity index (χ1) is 9.16. The molecule has 5 nitrogen and oxygen atoms in total. The average molecular weight is 257 g/mol. The van der Waals surface area contributed by atoms with Crippen molar-refractivity contribution in [3.63, 3.8) is 0 Å². The number of rotatable bonds is 5. The smallest absolute Gasteiger partial charge is 0.339 e. The molecule has 0 radical (unpaired) electrons. The third kappa shape index (κ3) is 3.59. The first-order valence-electron chi connectivity index (χ1n) is 5.95. The van der Waals surface area contributed by atoms with E-state index >= 15 is 0 Å². The van der Waals surface area contributed by atoms with E-state index in [4.69, 9.17) is 5.11 Å². The second-order valence-electron chi connectivity index (χ2n) is 4.28. The Kier molecular flexibility index (Phi) is 4.20. The van der Waals surface area contributed by atoms with Crippen molar-refractivity contribution in [3.05, 3.63) is 59.2 Å². The third-order valence-electron chi connectivity index (χ3n) is 2.73. The molecule has 0 unspecified atom stereocenters. The van der Waals surface area contributed by atoms with E-state index in [1.54, 1.807) is 0 Å². The Morgan fingerprint density at radius 1 is 1.37 bits per heavy atom. The van der Waals surface area contributed by atoms with Crippen LogP contribution in [0.5, 0.6) is 0 Å². The Balaban J connectivity index is 1.98.